The molecule has 3 heteroatoms. The zero-order valence-corrected chi connectivity index (χ0v) is 13.9. The molecule has 0 amide bonds. The lowest BCUT2D eigenvalue weighted by Gasteiger charge is -2.38. The third kappa shape index (κ3) is 3.29. The summed E-state index contributed by atoms with van der Waals surface area (Å²) in [7, 11) is 4.17. The Bertz CT molecular complexity index is 447. The van der Waals surface area contributed by atoms with Gasteiger partial charge < -0.3 is 10.2 Å². The van der Waals surface area contributed by atoms with E-state index in [1.165, 1.54) is 36.9 Å². The third-order valence-corrected chi connectivity index (χ3v) is 5.18. The van der Waals surface area contributed by atoms with Crippen molar-refractivity contribution in [1.82, 2.24) is 5.32 Å². The van der Waals surface area contributed by atoms with Crippen LogP contribution in [0.3, 0.4) is 0 Å². The number of nitrogens with one attached hydrogen (secondary N) is 1. The standard InChI is InChI=1S/C17H27ClN2/c1-12-7-5-6-8-17(12)20(4)14-9-10-15(13(2)19-3)16(18)11-14/h9-13,17,19H,5-8H2,1-4H3. The maximum absolute atomic E-state index is 6.46. The van der Waals surface area contributed by atoms with Crippen LogP contribution in [-0.2, 0) is 0 Å². The predicted molar refractivity (Wildman–Crippen MR) is 88.7 cm³/mol. The number of anilines is 1. The molecule has 112 valence electrons. The van der Waals surface area contributed by atoms with Crippen LogP contribution < -0.4 is 10.2 Å². The molecule has 3 unspecified atom stereocenters. The highest BCUT2D eigenvalue weighted by Crippen LogP contribution is 2.33. The summed E-state index contributed by atoms with van der Waals surface area (Å²) in [5, 5.41) is 4.10. The molecule has 20 heavy (non-hydrogen) atoms. The molecule has 1 N–H and O–H groups in total. The zero-order valence-electron chi connectivity index (χ0n) is 13.1. The van der Waals surface area contributed by atoms with E-state index in [9.17, 15) is 0 Å². The third-order valence-electron chi connectivity index (χ3n) is 4.85. The minimum Gasteiger partial charge on any atom is -0.371 e. The van der Waals surface area contributed by atoms with Crippen LogP contribution in [0.2, 0.25) is 5.02 Å². The van der Waals surface area contributed by atoms with E-state index in [1.54, 1.807) is 0 Å². The maximum atomic E-state index is 6.46. The summed E-state index contributed by atoms with van der Waals surface area (Å²) < 4.78 is 0. The van der Waals surface area contributed by atoms with Crippen molar-refractivity contribution in [2.45, 2.75) is 51.6 Å². The lowest BCUT2D eigenvalue weighted by molar-refractivity contribution is 0.321. The summed E-state index contributed by atoms with van der Waals surface area (Å²) in [6.45, 7) is 4.51. The zero-order chi connectivity index (χ0) is 14.7. The van der Waals surface area contributed by atoms with Crippen molar-refractivity contribution in [1.29, 1.82) is 0 Å². The molecular formula is C17H27ClN2. The highest BCUT2D eigenvalue weighted by molar-refractivity contribution is 6.31. The van der Waals surface area contributed by atoms with Gasteiger partial charge in [-0.1, -0.05) is 37.4 Å². The average molecular weight is 295 g/mol. The second-order valence-electron chi connectivity index (χ2n) is 6.16. The lowest BCUT2D eigenvalue weighted by atomic mass is 9.85. The molecule has 1 fully saturated rings. The molecule has 2 nitrogen and oxygen atoms in total. The van der Waals surface area contributed by atoms with E-state index >= 15 is 0 Å². The fourth-order valence-corrected chi connectivity index (χ4v) is 3.64. The van der Waals surface area contributed by atoms with Gasteiger partial charge in [0.25, 0.3) is 0 Å². The van der Waals surface area contributed by atoms with Gasteiger partial charge in [0, 0.05) is 29.8 Å². The van der Waals surface area contributed by atoms with Crippen molar-refractivity contribution >= 4 is 17.3 Å². The summed E-state index contributed by atoms with van der Waals surface area (Å²) in [4.78, 5) is 2.42. The van der Waals surface area contributed by atoms with E-state index in [0.717, 1.165) is 10.9 Å². The molecule has 0 aromatic heterocycles. The fraction of sp³-hybridized carbons (Fsp3) is 0.647. The molecule has 1 saturated carbocycles. The smallest absolute Gasteiger partial charge is 0.0474 e. The molecule has 0 aliphatic heterocycles. The first-order valence-electron chi connectivity index (χ1n) is 7.74. The monoisotopic (exact) mass is 294 g/mol. The van der Waals surface area contributed by atoms with Crippen LogP contribution in [0.25, 0.3) is 0 Å². The topological polar surface area (TPSA) is 15.3 Å². The molecule has 0 heterocycles. The predicted octanol–water partition coefficient (Wildman–Crippen LogP) is 4.64. The Morgan fingerprint density at radius 1 is 1.30 bits per heavy atom. The Balaban J connectivity index is 2.18. The average Bonchev–Trinajstić information content (AvgIpc) is 2.46. The van der Waals surface area contributed by atoms with Crippen molar-refractivity contribution in [3.63, 3.8) is 0 Å². The number of nitrogens with zero attached hydrogens (tertiary/aromatic N) is 1. The van der Waals surface area contributed by atoms with Crippen molar-refractivity contribution in [3.05, 3.63) is 28.8 Å². The van der Waals surface area contributed by atoms with Crippen LogP contribution in [-0.4, -0.2) is 20.1 Å². The first-order chi connectivity index (χ1) is 9.54. The molecule has 0 bridgehead atoms. The lowest BCUT2D eigenvalue weighted by Crippen LogP contribution is -2.39. The van der Waals surface area contributed by atoms with Crippen LogP contribution in [0.15, 0.2) is 18.2 Å². The Morgan fingerprint density at radius 3 is 2.60 bits per heavy atom. The van der Waals surface area contributed by atoms with Crippen molar-refractivity contribution in [2.24, 2.45) is 5.92 Å². The van der Waals surface area contributed by atoms with E-state index in [1.807, 2.05) is 7.05 Å². The van der Waals surface area contributed by atoms with E-state index in [4.69, 9.17) is 11.6 Å². The molecule has 0 spiro atoms. The molecular weight excluding hydrogens is 268 g/mol. The normalized spacial score (nSPS) is 24.4. The quantitative estimate of drug-likeness (QED) is 0.870. The van der Waals surface area contributed by atoms with Gasteiger partial charge >= 0.3 is 0 Å². The first kappa shape index (κ1) is 15.7. The molecule has 1 aromatic rings. The molecule has 2 rings (SSSR count). The summed E-state index contributed by atoms with van der Waals surface area (Å²) >= 11 is 6.46. The maximum Gasteiger partial charge on any atom is 0.0474 e. The molecule has 3 atom stereocenters. The highest BCUT2D eigenvalue weighted by atomic mass is 35.5. The van der Waals surface area contributed by atoms with Crippen LogP contribution in [0, 0.1) is 5.92 Å². The number of halogens is 1. The second-order valence-corrected chi connectivity index (χ2v) is 6.56. The van der Waals surface area contributed by atoms with Crippen LogP contribution >= 0.6 is 11.6 Å². The van der Waals surface area contributed by atoms with E-state index in [-0.39, 0.29) is 6.04 Å². The Labute approximate surface area is 128 Å². The minimum absolute atomic E-state index is 0.287. The number of hydrogen-bond donors (Lipinski definition) is 1. The largest absolute Gasteiger partial charge is 0.371 e. The van der Waals surface area contributed by atoms with Gasteiger partial charge in [-0.15, -0.1) is 0 Å². The van der Waals surface area contributed by atoms with E-state index in [2.05, 4.69) is 49.3 Å². The van der Waals surface area contributed by atoms with Gasteiger partial charge in [0.2, 0.25) is 0 Å². The van der Waals surface area contributed by atoms with Crippen LogP contribution in [0.1, 0.15) is 51.1 Å². The number of rotatable bonds is 4. The van der Waals surface area contributed by atoms with Gasteiger partial charge in [0.15, 0.2) is 0 Å². The van der Waals surface area contributed by atoms with Crippen molar-refractivity contribution in [2.75, 3.05) is 19.0 Å². The van der Waals surface area contributed by atoms with Gasteiger partial charge in [-0.25, -0.2) is 0 Å². The van der Waals surface area contributed by atoms with Gasteiger partial charge in [-0.05, 0) is 50.4 Å². The van der Waals surface area contributed by atoms with Crippen LogP contribution in [0.5, 0.6) is 0 Å². The summed E-state index contributed by atoms with van der Waals surface area (Å²) in [6, 6.07) is 7.41. The second kappa shape index (κ2) is 6.82. The van der Waals surface area contributed by atoms with Crippen molar-refractivity contribution in [3.8, 4) is 0 Å². The van der Waals surface area contributed by atoms with E-state index in [0.29, 0.717) is 6.04 Å². The molecule has 1 aliphatic carbocycles. The fourth-order valence-electron chi connectivity index (χ4n) is 3.31. The molecule has 0 radical (unpaired) electrons. The van der Waals surface area contributed by atoms with Gasteiger partial charge in [0.1, 0.15) is 0 Å². The first-order valence-corrected chi connectivity index (χ1v) is 8.12. The minimum atomic E-state index is 0.287. The van der Waals surface area contributed by atoms with Gasteiger partial charge in [-0.2, -0.15) is 0 Å². The highest BCUT2D eigenvalue weighted by Gasteiger charge is 2.25. The van der Waals surface area contributed by atoms with Gasteiger partial charge in [0.05, 0.1) is 0 Å². The Kier molecular flexibility index (Phi) is 5.34. The van der Waals surface area contributed by atoms with Crippen molar-refractivity contribution < 1.29 is 0 Å². The number of hydrogen-bond acceptors (Lipinski definition) is 2. The summed E-state index contributed by atoms with van der Waals surface area (Å²) in [5.74, 6) is 0.767. The van der Waals surface area contributed by atoms with Crippen LogP contribution in [0.4, 0.5) is 5.69 Å². The SMILES string of the molecule is CNC(C)c1ccc(N(C)C2CCCCC2C)cc1Cl. The van der Waals surface area contributed by atoms with Gasteiger partial charge in [-0.3, -0.25) is 0 Å². The summed E-state index contributed by atoms with van der Waals surface area (Å²) in [6.07, 6.45) is 5.37. The Hall–Kier alpha value is -0.730. The molecule has 1 aromatic carbocycles. The summed E-state index contributed by atoms with van der Waals surface area (Å²) in [5.41, 5.74) is 2.41. The molecule has 0 saturated heterocycles. The molecule has 1 aliphatic rings. The Morgan fingerprint density at radius 2 is 2.00 bits per heavy atom. The number of benzene rings is 1. The van der Waals surface area contributed by atoms with E-state index < -0.39 is 0 Å².